The molecule has 0 radical (unpaired) electrons. The number of carbonyl (C=O) groups is 2. The van der Waals surface area contributed by atoms with Crippen molar-refractivity contribution < 1.29 is 19.1 Å². The molecule has 0 N–H and O–H groups in total. The highest BCUT2D eigenvalue weighted by Crippen LogP contribution is 2.31. The maximum absolute atomic E-state index is 12.6. The fourth-order valence-electron chi connectivity index (χ4n) is 5.69. The third-order valence-electron chi connectivity index (χ3n) is 8.39. The van der Waals surface area contributed by atoms with Crippen LogP contribution < -0.4 is 9.64 Å². The molecule has 1 amide bonds. The number of esters is 1. The topological polar surface area (TPSA) is 55.8 Å². The lowest BCUT2D eigenvalue weighted by Gasteiger charge is -2.29. The number of fused-ring (bicyclic) bond motifs is 1. The number of aryl methyl sites for hydroxylation is 1. The van der Waals surface area contributed by atoms with E-state index in [2.05, 4.69) is 6.92 Å². The molecule has 0 atom stereocenters. The maximum Gasteiger partial charge on any atom is 0.307 e. The first-order valence-corrected chi connectivity index (χ1v) is 18.0. The molecule has 5 nitrogen and oxygen atoms in total. The van der Waals surface area contributed by atoms with Gasteiger partial charge in [-0.1, -0.05) is 129 Å². The number of halogens is 1. The second kappa shape index (κ2) is 24.7. The number of ether oxygens (including phenoxy) is 2. The van der Waals surface area contributed by atoms with Crippen molar-refractivity contribution in [3.8, 4) is 5.75 Å². The van der Waals surface area contributed by atoms with Crippen LogP contribution in [-0.2, 0) is 20.7 Å². The smallest absolute Gasteiger partial charge is 0.307 e. The van der Waals surface area contributed by atoms with E-state index in [-0.39, 0.29) is 18.6 Å². The summed E-state index contributed by atoms with van der Waals surface area (Å²) in [4.78, 5) is 26.5. The number of alkyl halides is 1. The normalized spacial score (nSPS) is 12.9. The molecule has 6 heteroatoms. The summed E-state index contributed by atoms with van der Waals surface area (Å²) in [6, 6.07) is 5.84. The van der Waals surface area contributed by atoms with Gasteiger partial charge >= 0.3 is 5.97 Å². The van der Waals surface area contributed by atoms with E-state index in [0.717, 1.165) is 42.7 Å². The number of nitrogens with zero attached hydrogens (tertiary/aromatic N) is 1. The first-order valence-electron chi connectivity index (χ1n) is 17.4. The van der Waals surface area contributed by atoms with Gasteiger partial charge in [0.05, 0.1) is 12.3 Å². The molecule has 1 aromatic carbocycles. The molecular formula is C36H60ClNO4. The average molecular weight is 606 g/mol. The van der Waals surface area contributed by atoms with E-state index in [1.807, 2.05) is 18.2 Å². The van der Waals surface area contributed by atoms with Crippen LogP contribution in [0.3, 0.4) is 0 Å². The Morgan fingerprint density at radius 3 is 1.83 bits per heavy atom. The fraction of sp³-hybridized carbons (Fsp3) is 0.778. The van der Waals surface area contributed by atoms with Crippen LogP contribution in [0, 0.1) is 0 Å². The third-order valence-corrected chi connectivity index (χ3v) is 8.66. The Hall–Kier alpha value is -1.75. The molecule has 0 unspecified atom stereocenters. The highest BCUT2D eigenvalue weighted by atomic mass is 35.5. The Balaban J connectivity index is 1.44. The van der Waals surface area contributed by atoms with Crippen LogP contribution in [0.2, 0.25) is 0 Å². The minimum absolute atomic E-state index is 0.0157. The molecule has 0 fully saturated rings. The van der Waals surface area contributed by atoms with Crippen LogP contribution >= 0.6 is 11.6 Å². The van der Waals surface area contributed by atoms with Crippen LogP contribution in [0.1, 0.15) is 160 Å². The zero-order chi connectivity index (χ0) is 30.1. The van der Waals surface area contributed by atoms with Crippen molar-refractivity contribution in [1.29, 1.82) is 0 Å². The lowest BCUT2D eigenvalue weighted by Crippen LogP contribution is -2.37. The van der Waals surface area contributed by atoms with E-state index in [1.54, 1.807) is 4.90 Å². The van der Waals surface area contributed by atoms with E-state index in [0.29, 0.717) is 31.7 Å². The van der Waals surface area contributed by atoms with E-state index >= 15 is 0 Å². The molecular weight excluding hydrogens is 546 g/mol. The molecule has 240 valence electrons. The van der Waals surface area contributed by atoms with Gasteiger partial charge in [0.1, 0.15) is 5.75 Å². The van der Waals surface area contributed by atoms with Gasteiger partial charge < -0.3 is 9.47 Å². The van der Waals surface area contributed by atoms with Crippen LogP contribution in [0.4, 0.5) is 5.69 Å². The molecule has 1 aliphatic rings. The molecule has 2 rings (SSSR count). The van der Waals surface area contributed by atoms with E-state index < -0.39 is 0 Å². The van der Waals surface area contributed by atoms with Crippen molar-refractivity contribution in [2.45, 2.75) is 161 Å². The summed E-state index contributed by atoms with van der Waals surface area (Å²) in [6.45, 7) is 2.85. The lowest BCUT2D eigenvalue weighted by atomic mass is 10.0. The number of hydrogen-bond donors (Lipinski definition) is 0. The van der Waals surface area contributed by atoms with Gasteiger partial charge in [0.15, 0.2) is 6.73 Å². The standard InChI is InChI=1S/C36H60ClNO4/c1-2-3-4-5-6-7-8-9-10-11-12-13-14-15-16-17-18-19-20-23-36(40)42-31-38-34-30-33(41-29-22-21-28-37)26-24-32(34)25-27-35(38)39/h24,26,30H,2-23,25,27-29,31H2,1H3. The van der Waals surface area contributed by atoms with E-state index in [1.165, 1.54) is 109 Å². The molecule has 0 aromatic heterocycles. The van der Waals surface area contributed by atoms with Crippen molar-refractivity contribution in [3.05, 3.63) is 23.8 Å². The van der Waals surface area contributed by atoms with Crippen LogP contribution in [0.5, 0.6) is 5.75 Å². The Kier molecular flexibility index (Phi) is 21.4. The number of anilines is 1. The van der Waals surface area contributed by atoms with Crippen LogP contribution in [-0.4, -0.2) is 31.1 Å². The quantitative estimate of drug-likeness (QED) is 0.0568. The highest BCUT2D eigenvalue weighted by molar-refractivity contribution is 6.17. The second-order valence-electron chi connectivity index (χ2n) is 12.1. The van der Waals surface area contributed by atoms with Gasteiger partial charge in [0.25, 0.3) is 0 Å². The summed E-state index contributed by atoms with van der Waals surface area (Å²) in [5.74, 6) is 1.11. The van der Waals surface area contributed by atoms with E-state index in [4.69, 9.17) is 21.1 Å². The Morgan fingerprint density at radius 1 is 0.738 bits per heavy atom. The number of amides is 1. The summed E-state index contributed by atoms with van der Waals surface area (Å²) in [5.41, 5.74) is 1.87. The zero-order valence-corrected chi connectivity index (χ0v) is 27.5. The van der Waals surface area contributed by atoms with Crippen molar-refractivity contribution in [2.24, 2.45) is 0 Å². The zero-order valence-electron chi connectivity index (χ0n) is 26.8. The summed E-state index contributed by atoms with van der Waals surface area (Å²) in [5, 5.41) is 0. The van der Waals surface area contributed by atoms with Gasteiger partial charge in [-0.2, -0.15) is 0 Å². The third kappa shape index (κ3) is 16.8. The van der Waals surface area contributed by atoms with Crippen molar-refractivity contribution in [3.63, 3.8) is 0 Å². The summed E-state index contributed by atoms with van der Waals surface area (Å²) < 4.78 is 11.3. The SMILES string of the molecule is CCCCCCCCCCCCCCCCCCCCCC(=O)OCN1C(=O)CCc2ccc(OCCCCCl)cc21. The van der Waals surface area contributed by atoms with Crippen molar-refractivity contribution in [2.75, 3.05) is 24.1 Å². The molecule has 0 saturated heterocycles. The van der Waals surface area contributed by atoms with Crippen LogP contribution in [0.15, 0.2) is 18.2 Å². The Morgan fingerprint density at radius 2 is 1.29 bits per heavy atom. The fourth-order valence-corrected chi connectivity index (χ4v) is 5.88. The first-order chi connectivity index (χ1) is 20.7. The van der Waals surface area contributed by atoms with Crippen molar-refractivity contribution in [1.82, 2.24) is 0 Å². The number of hydrogen-bond acceptors (Lipinski definition) is 4. The molecule has 1 aliphatic heterocycles. The van der Waals surface area contributed by atoms with Crippen molar-refractivity contribution >= 4 is 29.2 Å². The number of unbranched alkanes of at least 4 members (excludes halogenated alkanes) is 19. The maximum atomic E-state index is 12.6. The van der Waals surface area contributed by atoms with E-state index in [9.17, 15) is 9.59 Å². The predicted molar refractivity (Wildman–Crippen MR) is 177 cm³/mol. The lowest BCUT2D eigenvalue weighted by molar-refractivity contribution is -0.144. The first kappa shape index (κ1) is 36.4. The summed E-state index contributed by atoms with van der Waals surface area (Å²) in [7, 11) is 0. The average Bonchev–Trinajstić information content (AvgIpc) is 3.00. The Labute approximate surface area is 262 Å². The largest absolute Gasteiger partial charge is 0.494 e. The Bertz CT molecular complexity index is 846. The predicted octanol–water partition coefficient (Wildman–Crippen LogP) is 10.7. The molecule has 0 bridgehead atoms. The summed E-state index contributed by atoms with van der Waals surface area (Å²) in [6.07, 6.45) is 28.7. The van der Waals surface area contributed by atoms with Gasteiger partial charge in [-0.15, -0.1) is 11.6 Å². The van der Waals surface area contributed by atoms with Gasteiger partial charge in [-0.3, -0.25) is 14.5 Å². The number of rotatable bonds is 27. The molecule has 0 aliphatic carbocycles. The summed E-state index contributed by atoms with van der Waals surface area (Å²) >= 11 is 5.74. The number of benzene rings is 1. The van der Waals surface area contributed by atoms with Gasteiger partial charge in [0.2, 0.25) is 5.91 Å². The van der Waals surface area contributed by atoms with Gasteiger partial charge in [-0.25, -0.2) is 0 Å². The molecule has 1 heterocycles. The highest BCUT2D eigenvalue weighted by Gasteiger charge is 2.25. The van der Waals surface area contributed by atoms with Gasteiger partial charge in [-0.05, 0) is 37.3 Å². The van der Waals surface area contributed by atoms with Crippen LogP contribution in [0.25, 0.3) is 0 Å². The monoisotopic (exact) mass is 605 g/mol. The second-order valence-corrected chi connectivity index (χ2v) is 12.5. The molecule has 1 aromatic rings. The minimum Gasteiger partial charge on any atom is -0.494 e. The molecule has 0 spiro atoms. The molecule has 42 heavy (non-hydrogen) atoms. The number of carbonyl (C=O) groups excluding carboxylic acids is 2. The van der Waals surface area contributed by atoms with Gasteiger partial charge in [0, 0.05) is 24.8 Å². The minimum atomic E-state index is -0.227. The molecule has 0 saturated carbocycles.